The molecule has 226 valence electrons. The molecule has 0 saturated carbocycles. The Morgan fingerprint density at radius 3 is 1.50 bits per heavy atom. The number of hydrogen-bond acceptors (Lipinski definition) is 6. The van der Waals surface area contributed by atoms with Gasteiger partial charge in [0, 0.05) is 34.6 Å². The van der Waals surface area contributed by atoms with Crippen molar-refractivity contribution in [2.75, 3.05) is 0 Å². The van der Waals surface area contributed by atoms with E-state index in [1.165, 1.54) is 23.9 Å². The molecule has 6 heteroatoms. The van der Waals surface area contributed by atoms with Gasteiger partial charge in [-0.15, -0.1) is 0 Å². The molecule has 0 aliphatic heterocycles. The quantitative estimate of drug-likeness (QED) is 0.173. The summed E-state index contributed by atoms with van der Waals surface area (Å²) in [6.07, 6.45) is 10.0. The Morgan fingerprint density at radius 1 is 0.396 bits per heavy atom. The number of hydrogen-bond donors (Lipinski definition) is 0. The Balaban J connectivity index is 1.36. The number of rotatable bonds is 6. The zero-order valence-electron chi connectivity index (χ0n) is 25.6. The van der Waals surface area contributed by atoms with E-state index < -0.39 is 0 Å². The average Bonchev–Trinajstić information content (AvgIpc) is 3.90. The topological polar surface area (TPSA) is 77.8 Å². The van der Waals surface area contributed by atoms with Crippen molar-refractivity contribution in [1.82, 2.24) is 19.9 Å². The molecule has 0 aliphatic rings. The van der Waals surface area contributed by atoms with Crippen LogP contribution in [0.4, 0.5) is 0 Å². The molecule has 0 fully saturated rings. The summed E-state index contributed by atoms with van der Waals surface area (Å²) >= 11 is 0. The molecule has 5 aromatic carbocycles. The first kappa shape index (κ1) is 27.6. The minimum atomic E-state index is 0.690. The molecule has 0 unspecified atom stereocenters. The normalized spacial score (nSPS) is 11.3. The van der Waals surface area contributed by atoms with E-state index in [0.717, 1.165) is 66.3 Å². The van der Waals surface area contributed by atoms with Crippen molar-refractivity contribution in [3.05, 3.63) is 159 Å². The summed E-state index contributed by atoms with van der Waals surface area (Å²) in [6, 6.07) is 42.3. The van der Waals surface area contributed by atoms with Crippen molar-refractivity contribution in [3.8, 4) is 67.4 Å². The third-order valence-corrected chi connectivity index (χ3v) is 8.81. The molecule has 0 saturated heterocycles. The van der Waals surface area contributed by atoms with Gasteiger partial charge in [-0.2, -0.15) is 0 Å². The summed E-state index contributed by atoms with van der Waals surface area (Å²) in [5, 5.41) is 4.28. The summed E-state index contributed by atoms with van der Waals surface area (Å²) in [5.74, 6) is 1.38. The van der Waals surface area contributed by atoms with Crippen LogP contribution in [0.5, 0.6) is 0 Å². The van der Waals surface area contributed by atoms with Crippen LogP contribution >= 0.6 is 0 Å². The highest BCUT2D eigenvalue weighted by Crippen LogP contribution is 2.45. The number of benzene rings is 5. The molecule has 9 aromatic rings. The first-order chi connectivity index (χ1) is 23.8. The van der Waals surface area contributed by atoms with Gasteiger partial charge in [-0.25, -0.2) is 9.97 Å². The molecule has 4 aromatic heterocycles. The van der Waals surface area contributed by atoms with E-state index in [1.54, 1.807) is 12.4 Å². The van der Waals surface area contributed by atoms with Crippen molar-refractivity contribution in [1.29, 1.82) is 0 Å². The molecule has 0 N–H and O–H groups in total. The van der Waals surface area contributed by atoms with Crippen LogP contribution in [-0.4, -0.2) is 19.9 Å². The average molecular weight is 619 g/mol. The van der Waals surface area contributed by atoms with Crippen LogP contribution < -0.4 is 0 Å². The second-order valence-corrected chi connectivity index (χ2v) is 11.6. The van der Waals surface area contributed by atoms with Gasteiger partial charge in [-0.05, 0) is 74.1 Å². The lowest BCUT2D eigenvalue weighted by Gasteiger charge is -2.19. The van der Waals surface area contributed by atoms with Gasteiger partial charge in [0.2, 0.25) is 0 Å². The van der Waals surface area contributed by atoms with Gasteiger partial charge in [-0.3, -0.25) is 9.97 Å². The monoisotopic (exact) mass is 618 g/mol. The molecule has 0 atom stereocenters. The Bertz CT molecular complexity index is 2560. The largest absolute Gasteiger partial charge is 0.444 e. The molecule has 0 spiro atoms. The number of aromatic nitrogens is 4. The summed E-state index contributed by atoms with van der Waals surface area (Å²) in [5.41, 5.74) is 10.2. The van der Waals surface area contributed by atoms with Gasteiger partial charge in [0.1, 0.15) is 0 Å². The van der Waals surface area contributed by atoms with E-state index in [-0.39, 0.29) is 0 Å². The van der Waals surface area contributed by atoms with Crippen molar-refractivity contribution in [2.45, 2.75) is 0 Å². The maximum Gasteiger partial charge on any atom is 0.181 e. The predicted molar refractivity (Wildman–Crippen MR) is 190 cm³/mol. The molecule has 9 rings (SSSR count). The first-order valence-electron chi connectivity index (χ1n) is 15.7. The third-order valence-electron chi connectivity index (χ3n) is 8.81. The molecule has 6 nitrogen and oxygen atoms in total. The van der Waals surface area contributed by atoms with E-state index in [4.69, 9.17) is 18.8 Å². The van der Waals surface area contributed by atoms with Crippen LogP contribution in [0.15, 0.2) is 168 Å². The van der Waals surface area contributed by atoms with Crippen LogP contribution in [0.25, 0.3) is 89.0 Å². The van der Waals surface area contributed by atoms with Crippen LogP contribution in [0.2, 0.25) is 0 Å². The highest BCUT2D eigenvalue weighted by molar-refractivity contribution is 6.21. The minimum Gasteiger partial charge on any atom is -0.444 e. The molecule has 0 radical (unpaired) electrons. The summed E-state index contributed by atoms with van der Waals surface area (Å²) in [6.45, 7) is 0. The highest BCUT2D eigenvalue weighted by Gasteiger charge is 2.20. The molecular formula is C42H26N4O2. The Hall–Kier alpha value is -6.66. The van der Waals surface area contributed by atoms with E-state index in [1.807, 2.05) is 30.6 Å². The number of pyridine rings is 2. The van der Waals surface area contributed by atoms with Gasteiger partial charge in [0.15, 0.2) is 24.3 Å². The second kappa shape index (κ2) is 11.6. The highest BCUT2D eigenvalue weighted by atomic mass is 16.3. The van der Waals surface area contributed by atoms with Crippen LogP contribution in [0.3, 0.4) is 0 Å². The van der Waals surface area contributed by atoms with Crippen LogP contribution in [0, 0.1) is 0 Å². The molecule has 0 aliphatic carbocycles. The van der Waals surface area contributed by atoms with Crippen molar-refractivity contribution >= 4 is 21.5 Å². The zero-order chi connectivity index (χ0) is 31.9. The van der Waals surface area contributed by atoms with E-state index in [9.17, 15) is 0 Å². The van der Waals surface area contributed by atoms with Crippen LogP contribution in [0.1, 0.15) is 0 Å². The number of fused-ring (bicyclic) bond motifs is 2. The predicted octanol–water partition coefficient (Wildman–Crippen LogP) is 10.8. The molecule has 48 heavy (non-hydrogen) atoms. The van der Waals surface area contributed by atoms with Gasteiger partial charge >= 0.3 is 0 Å². The Morgan fingerprint density at radius 2 is 0.917 bits per heavy atom. The van der Waals surface area contributed by atoms with E-state index >= 15 is 0 Å². The molecule has 0 bridgehead atoms. The van der Waals surface area contributed by atoms with Gasteiger partial charge < -0.3 is 8.83 Å². The maximum absolute atomic E-state index is 5.68. The van der Waals surface area contributed by atoms with Gasteiger partial charge in [0.25, 0.3) is 0 Å². The molecular weight excluding hydrogens is 592 g/mol. The van der Waals surface area contributed by atoms with Gasteiger partial charge in [-0.1, -0.05) is 91.0 Å². The maximum atomic E-state index is 5.68. The van der Waals surface area contributed by atoms with Crippen LogP contribution in [-0.2, 0) is 0 Å². The SMILES string of the molecule is c1ccc(-c2ccccc2-c2ccc3c(-c4cc(-c5cnco5)ccn4)c4ccccc4c(-c4cc(-c5cnco5)ccn4)c3c2)cc1. The minimum absolute atomic E-state index is 0.690. The fourth-order valence-corrected chi connectivity index (χ4v) is 6.66. The lowest BCUT2D eigenvalue weighted by atomic mass is 9.86. The van der Waals surface area contributed by atoms with E-state index in [2.05, 4.69) is 113 Å². The summed E-state index contributed by atoms with van der Waals surface area (Å²) in [4.78, 5) is 18.1. The Labute approximate surface area is 276 Å². The fraction of sp³-hybridized carbons (Fsp3) is 0. The third kappa shape index (κ3) is 4.75. The number of oxazole rings is 2. The summed E-state index contributed by atoms with van der Waals surface area (Å²) < 4.78 is 11.3. The summed E-state index contributed by atoms with van der Waals surface area (Å²) in [7, 11) is 0. The Kier molecular flexibility index (Phi) is 6.68. The fourth-order valence-electron chi connectivity index (χ4n) is 6.66. The van der Waals surface area contributed by atoms with Crippen molar-refractivity contribution in [2.24, 2.45) is 0 Å². The molecule has 0 amide bonds. The standard InChI is InChI=1S/C42H26N4O2/c1-2-8-27(9-3-1)31-10-4-5-11-32(31)28-14-15-35-36(20-28)42(38-22-30(17-19-46-38)40-24-44-26-48-40)34-13-7-6-12-33(34)41(35)37-21-29(16-18-45-37)39-23-43-25-47-39/h1-26H. The lowest BCUT2D eigenvalue weighted by Crippen LogP contribution is -1.95. The smallest absolute Gasteiger partial charge is 0.181 e. The van der Waals surface area contributed by atoms with Gasteiger partial charge in [0.05, 0.1) is 23.8 Å². The van der Waals surface area contributed by atoms with Crippen molar-refractivity contribution < 1.29 is 8.83 Å². The lowest BCUT2D eigenvalue weighted by molar-refractivity contribution is 0.571. The van der Waals surface area contributed by atoms with Crippen molar-refractivity contribution in [3.63, 3.8) is 0 Å². The zero-order valence-corrected chi connectivity index (χ0v) is 25.6. The number of nitrogens with zero attached hydrogens (tertiary/aromatic N) is 4. The van der Waals surface area contributed by atoms with E-state index in [0.29, 0.717) is 11.5 Å². The first-order valence-corrected chi connectivity index (χ1v) is 15.7. The molecule has 4 heterocycles. The second-order valence-electron chi connectivity index (χ2n) is 11.6.